The van der Waals surface area contributed by atoms with Crippen molar-refractivity contribution in [3.05, 3.63) is 67.5 Å². The highest BCUT2D eigenvalue weighted by molar-refractivity contribution is 5.91. The Morgan fingerprint density at radius 2 is 2.18 bits per heavy atom. The molecule has 8 heteroatoms. The SMILES string of the molecule is O=c1[nH]c(CC2CC2)nc2c1CCN(Cc1c[nH]c3cccc([N+](=O)[O-])c13)C2. The molecule has 1 aliphatic heterocycles. The maximum atomic E-state index is 12.4. The number of non-ortho nitro benzene ring substituents is 1. The van der Waals surface area contributed by atoms with Gasteiger partial charge in [0.05, 0.1) is 21.5 Å². The van der Waals surface area contributed by atoms with Crippen molar-refractivity contribution in [2.24, 2.45) is 5.92 Å². The summed E-state index contributed by atoms with van der Waals surface area (Å²) in [6, 6.07) is 5.08. The summed E-state index contributed by atoms with van der Waals surface area (Å²) in [5.74, 6) is 1.45. The molecule has 1 fully saturated rings. The number of benzene rings is 1. The molecule has 0 unspecified atom stereocenters. The van der Waals surface area contributed by atoms with E-state index in [2.05, 4.69) is 14.9 Å². The third-order valence-electron chi connectivity index (χ3n) is 5.74. The minimum absolute atomic E-state index is 0.0111. The van der Waals surface area contributed by atoms with Crippen LogP contribution in [0, 0.1) is 16.0 Å². The molecule has 28 heavy (non-hydrogen) atoms. The lowest BCUT2D eigenvalue weighted by Gasteiger charge is -2.27. The summed E-state index contributed by atoms with van der Waals surface area (Å²) in [6.45, 7) is 1.90. The zero-order chi connectivity index (χ0) is 19.3. The number of nitro groups is 1. The van der Waals surface area contributed by atoms with E-state index in [0.717, 1.165) is 41.1 Å². The number of H-pyrrole nitrogens is 2. The molecule has 8 nitrogen and oxygen atoms in total. The Labute approximate surface area is 160 Å². The molecule has 1 aliphatic carbocycles. The van der Waals surface area contributed by atoms with E-state index in [1.165, 1.54) is 18.9 Å². The van der Waals surface area contributed by atoms with Gasteiger partial charge in [0.1, 0.15) is 5.82 Å². The Morgan fingerprint density at radius 3 is 2.96 bits per heavy atom. The summed E-state index contributed by atoms with van der Waals surface area (Å²) in [5.41, 5.74) is 3.40. The lowest BCUT2D eigenvalue weighted by atomic mass is 10.0. The molecule has 2 aromatic heterocycles. The van der Waals surface area contributed by atoms with Crippen molar-refractivity contribution < 1.29 is 4.92 Å². The number of nitrogens with one attached hydrogen (secondary N) is 2. The molecule has 2 aliphatic rings. The van der Waals surface area contributed by atoms with Gasteiger partial charge in [0.15, 0.2) is 0 Å². The van der Waals surface area contributed by atoms with Gasteiger partial charge >= 0.3 is 0 Å². The number of nitro benzene ring substituents is 1. The summed E-state index contributed by atoms with van der Waals surface area (Å²) in [5, 5.41) is 12.1. The number of hydrogen-bond acceptors (Lipinski definition) is 5. The fraction of sp³-hybridized carbons (Fsp3) is 0.400. The van der Waals surface area contributed by atoms with Crippen LogP contribution in [0.3, 0.4) is 0 Å². The van der Waals surface area contributed by atoms with Gasteiger partial charge in [0, 0.05) is 43.9 Å². The monoisotopic (exact) mass is 379 g/mol. The minimum Gasteiger partial charge on any atom is -0.361 e. The predicted octanol–water partition coefficient (Wildman–Crippen LogP) is 2.67. The minimum atomic E-state index is -0.337. The van der Waals surface area contributed by atoms with Crippen LogP contribution in [-0.4, -0.2) is 31.3 Å². The van der Waals surface area contributed by atoms with Crippen LogP contribution in [0.5, 0.6) is 0 Å². The summed E-state index contributed by atoms with van der Waals surface area (Å²) in [7, 11) is 0. The lowest BCUT2D eigenvalue weighted by molar-refractivity contribution is -0.383. The van der Waals surface area contributed by atoms with Gasteiger partial charge in [0.25, 0.3) is 11.2 Å². The Hall–Kier alpha value is -3.00. The number of hydrogen-bond donors (Lipinski definition) is 2. The molecule has 0 atom stereocenters. The van der Waals surface area contributed by atoms with Crippen molar-refractivity contribution in [2.45, 2.75) is 38.8 Å². The Kier molecular flexibility index (Phi) is 4.01. The smallest absolute Gasteiger partial charge is 0.279 e. The molecule has 3 heterocycles. The van der Waals surface area contributed by atoms with Crippen LogP contribution >= 0.6 is 0 Å². The van der Waals surface area contributed by atoms with Crippen LogP contribution < -0.4 is 5.56 Å². The molecule has 144 valence electrons. The van der Waals surface area contributed by atoms with Crippen molar-refractivity contribution in [3.8, 4) is 0 Å². The number of nitrogens with zero attached hydrogens (tertiary/aromatic N) is 3. The summed E-state index contributed by atoms with van der Waals surface area (Å²) in [6.07, 6.45) is 5.76. The summed E-state index contributed by atoms with van der Waals surface area (Å²) >= 11 is 0. The molecule has 0 bridgehead atoms. The Balaban J connectivity index is 1.42. The molecule has 2 N–H and O–H groups in total. The topological polar surface area (TPSA) is 108 Å². The van der Waals surface area contributed by atoms with E-state index in [4.69, 9.17) is 4.98 Å². The normalized spacial score (nSPS) is 17.0. The molecule has 1 aromatic carbocycles. The second-order valence-corrected chi connectivity index (χ2v) is 7.82. The van der Waals surface area contributed by atoms with E-state index >= 15 is 0 Å². The van der Waals surface area contributed by atoms with Crippen LogP contribution in [0.4, 0.5) is 5.69 Å². The van der Waals surface area contributed by atoms with Gasteiger partial charge in [-0.05, 0) is 36.8 Å². The lowest BCUT2D eigenvalue weighted by Crippen LogP contribution is -2.35. The van der Waals surface area contributed by atoms with E-state index in [9.17, 15) is 14.9 Å². The number of rotatable bonds is 5. The molecule has 3 aromatic rings. The molecule has 0 radical (unpaired) electrons. The predicted molar refractivity (Wildman–Crippen MR) is 104 cm³/mol. The fourth-order valence-electron chi connectivity index (χ4n) is 4.12. The molecule has 5 rings (SSSR count). The van der Waals surface area contributed by atoms with Crippen molar-refractivity contribution in [3.63, 3.8) is 0 Å². The molecule has 0 saturated heterocycles. The van der Waals surface area contributed by atoms with E-state index in [0.29, 0.717) is 30.8 Å². The standard InChI is InChI=1S/C20H21N5O3/c26-20-14-6-7-24(11-16(14)22-18(23-20)8-12-4-5-12)10-13-9-21-15-2-1-3-17(19(13)15)25(27)28/h1-3,9,12,21H,4-8,10-11H2,(H,22,23,26). The summed E-state index contributed by atoms with van der Waals surface area (Å²) < 4.78 is 0. The van der Waals surface area contributed by atoms with Gasteiger partial charge in [-0.2, -0.15) is 0 Å². The fourth-order valence-corrected chi connectivity index (χ4v) is 4.12. The first kappa shape index (κ1) is 17.1. The van der Waals surface area contributed by atoms with Gasteiger partial charge in [-0.1, -0.05) is 6.07 Å². The van der Waals surface area contributed by atoms with Crippen molar-refractivity contribution in [2.75, 3.05) is 6.54 Å². The highest BCUT2D eigenvalue weighted by Gasteiger charge is 2.26. The average Bonchev–Trinajstić information content (AvgIpc) is 3.39. The van der Waals surface area contributed by atoms with Crippen LogP contribution in [0.2, 0.25) is 0 Å². The van der Waals surface area contributed by atoms with Crippen LogP contribution in [0.25, 0.3) is 10.9 Å². The zero-order valence-corrected chi connectivity index (χ0v) is 15.4. The molecule has 1 saturated carbocycles. The van der Waals surface area contributed by atoms with E-state index in [1.807, 2.05) is 12.3 Å². The van der Waals surface area contributed by atoms with Crippen LogP contribution in [-0.2, 0) is 25.9 Å². The van der Waals surface area contributed by atoms with Gasteiger partial charge < -0.3 is 9.97 Å². The molecular weight excluding hydrogens is 358 g/mol. The van der Waals surface area contributed by atoms with Crippen molar-refractivity contribution in [1.29, 1.82) is 0 Å². The second-order valence-electron chi connectivity index (χ2n) is 7.82. The van der Waals surface area contributed by atoms with Gasteiger partial charge in [-0.3, -0.25) is 19.8 Å². The first-order valence-corrected chi connectivity index (χ1v) is 9.65. The van der Waals surface area contributed by atoms with Crippen LogP contribution in [0.15, 0.2) is 29.2 Å². The third kappa shape index (κ3) is 3.09. The quantitative estimate of drug-likeness (QED) is 0.523. The number of aromatic amines is 2. The summed E-state index contributed by atoms with van der Waals surface area (Å²) in [4.78, 5) is 36.5. The first-order valence-electron chi connectivity index (χ1n) is 9.65. The van der Waals surface area contributed by atoms with Crippen molar-refractivity contribution in [1.82, 2.24) is 19.9 Å². The second kappa shape index (κ2) is 6.56. The largest absolute Gasteiger partial charge is 0.361 e. The Bertz CT molecular complexity index is 1130. The average molecular weight is 379 g/mol. The maximum absolute atomic E-state index is 12.4. The Morgan fingerprint density at radius 1 is 1.32 bits per heavy atom. The van der Waals surface area contributed by atoms with E-state index in [-0.39, 0.29) is 16.2 Å². The van der Waals surface area contributed by atoms with E-state index in [1.54, 1.807) is 6.07 Å². The number of aromatic nitrogens is 3. The van der Waals surface area contributed by atoms with Crippen molar-refractivity contribution >= 4 is 16.6 Å². The third-order valence-corrected chi connectivity index (χ3v) is 5.74. The molecule has 0 amide bonds. The number of fused-ring (bicyclic) bond motifs is 2. The first-order chi connectivity index (χ1) is 13.6. The maximum Gasteiger partial charge on any atom is 0.279 e. The highest BCUT2D eigenvalue weighted by atomic mass is 16.6. The zero-order valence-electron chi connectivity index (χ0n) is 15.4. The highest BCUT2D eigenvalue weighted by Crippen LogP contribution is 2.32. The van der Waals surface area contributed by atoms with Gasteiger partial charge in [0.2, 0.25) is 0 Å². The van der Waals surface area contributed by atoms with Crippen LogP contribution in [0.1, 0.15) is 35.5 Å². The molecular formula is C20H21N5O3. The van der Waals surface area contributed by atoms with Gasteiger partial charge in [-0.15, -0.1) is 0 Å². The van der Waals surface area contributed by atoms with Gasteiger partial charge in [-0.25, -0.2) is 4.98 Å². The van der Waals surface area contributed by atoms with E-state index < -0.39 is 0 Å². The molecule has 0 spiro atoms.